The molecule has 2 aliphatic carbocycles. The Morgan fingerprint density at radius 3 is 2.64 bits per heavy atom. The first-order chi connectivity index (χ1) is 11.9. The molecule has 2 aliphatic rings. The average molecular weight is 375 g/mol. The fourth-order valence-electron chi connectivity index (χ4n) is 3.86. The Bertz CT molecular complexity index is 975. The van der Waals surface area contributed by atoms with E-state index < -0.39 is 5.97 Å². The van der Waals surface area contributed by atoms with Crippen molar-refractivity contribution in [2.45, 2.75) is 25.2 Å². The Hall–Kier alpha value is -1.97. The third kappa shape index (κ3) is 2.37. The summed E-state index contributed by atoms with van der Waals surface area (Å²) in [6, 6.07) is 5.47. The lowest BCUT2D eigenvalue weighted by molar-refractivity contribution is -0.130. The molecule has 2 aromatic carbocycles. The molecule has 5 heteroatoms. The standard InChI is InChI=1S/C20H16Cl2O3/c1-9(2)20(23)25-19-12-5-4-11(21)8-13(12)18(24-3)16-10-6-14(17(16)19)15(22)7-10/h4-5,7-8,10,14H,1,6H2,2-3H3. The molecule has 25 heavy (non-hydrogen) atoms. The van der Waals surface area contributed by atoms with E-state index in [9.17, 15) is 4.79 Å². The Morgan fingerprint density at radius 2 is 1.96 bits per heavy atom. The summed E-state index contributed by atoms with van der Waals surface area (Å²) in [6.45, 7) is 5.31. The summed E-state index contributed by atoms with van der Waals surface area (Å²) in [5, 5.41) is 3.00. The fraction of sp³-hybridized carbons (Fsp3) is 0.250. The molecule has 2 bridgehead atoms. The predicted octanol–water partition coefficient (Wildman–Crippen LogP) is 5.69. The van der Waals surface area contributed by atoms with E-state index in [-0.39, 0.29) is 11.8 Å². The smallest absolute Gasteiger partial charge is 0.338 e. The number of carbonyl (C=O) groups is 1. The number of halogens is 2. The molecule has 0 spiro atoms. The SMILES string of the molecule is C=C(C)C(=O)Oc1c2c(c(OC)c3cc(Cl)ccc13)C1C=C(Cl)C2C1. The van der Waals surface area contributed by atoms with Crippen LogP contribution < -0.4 is 9.47 Å². The third-order valence-corrected chi connectivity index (χ3v) is 5.52. The van der Waals surface area contributed by atoms with Gasteiger partial charge in [-0.2, -0.15) is 0 Å². The molecule has 128 valence electrons. The van der Waals surface area contributed by atoms with Crippen LogP contribution in [-0.2, 0) is 4.79 Å². The van der Waals surface area contributed by atoms with Crippen molar-refractivity contribution in [2.75, 3.05) is 7.11 Å². The van der Waals surface area contributed by atoms with Crippen LogP contribution >= 0.6 is 23.2 Å². The van der Waals surface area contributed by atoms with Gasteiger partial charge in [0.15, 0.2) is 0 Å². The molecular weight excluding hydrogens is 359 g/mol. The van der Waals surface area contributed by atoms with Crippen LogP contribution in [0.15, 0.2) is 41.5 Å². The molecule has 4 rings (SSSR count). The zero-order valence-corrected chi connectivity index (χ0v) is 15.4. The van der Waals surface area contributed by atoms with Crippen LogP contribution in [0.2, 0.25) is 5.02 Å². The van der Waals surface area contributed by atoms with Crippen molar-refractivity contribution in [2.24, 2.45) is 0 Å². The van der Waals surface area contributed by atoms with Crippen LogP contribution in [0.3, 0.4) is 0 Å². The number of hydrogen-bond donors (Lipinski definition) is 0. The molecule has 0 aromatic heterocycles. The summed E-state index contributed by atoms with van der Waals surface area (Å²) in [5.41, 5.74) is 2.33. The molecule has 0 saturated carbocycles. The fourth-order valence-corrected chi connectivity index (χ4v) is 4.38. The largest absolute Gasteiger partial charge is 0.496 e. The van der Waals surface area contributed by atoms with Gasteiger partial charge < -0.3 is 9.47 Å². The summed E-state index contributed by atoms with van der Waals surface area (Å²) in [4.78, 5) is 12.2. The zero-order valence-electron chi connectivity index (χ0n) is 13.9. The summed E-state index contributed by atoms with van der Waals surface area (Å²) in [5.74, 6) is 1.05. The Balaban J connectivity index is 2.07. The highest BCUT2D eigenvalue weighted by Crippen LogP contribution is 2.61. The highest BCUT2D eigenvalue weighted by atomic mass is 35.5. The number of rotatable bonds is 3. The van der Waals surface area contributed by atoms with Gasteiger partial charge in [0.05, 0.1) is 7.11 Å². The Morgan fingerprint density at radius 1 is 1.20 bits per heavy atom. The predicted molar refractivity (Wildman–Crippen MR) is 100.0 cm³/mol. The van der Waals surface area contributed by atoms with E-state index in [0.29, 0.717) is 16.3 Å². The van der Waals surface area contributed by atoms with E-state index in [4.69, 9.17) is 32.7 Å². The van der Waals surface area contributed by atoms with Crippen molar-refractivity contribution >= 4 is 39.9 Å². The monoisotopic (exact) mass is 374 g/mol. The van der Waals surface area contributed by atoms with Gasteiger partial charge in [0.1, 0.15) is 11.5 Å². The molecule has 2 aromatic rings. The van der Waals surface area contributed by atoms with Crippen LogP contribution in [0.5, 0.6) is 11.5 Å². The van der Waals surface area contributed by atoms with Crippen molar-refractivity contribution in [3.8, 4) is 11.5 Å². The lowest BCUT2D eigenvalue weighted by Gasteiger charge is -2.23. The lowest BCUT2D eigenvalue weighted by atomic mass is 9.90. The number of benzene rings is 2. The highest BCUT2D eigenvalue weighted by Gasteiger charge is 2.43. The van der Waals surface area contributed by atoms with E-state index in [2.05, 4.69) is 12.7 Å². The van der Waals surface area contributed by atoms with Crippen molar-refractivity contribution in [1.82, 2.24) is 0 Å². The maximum Gasteiger partial charge on any atom is 0.338 e. The molecule has 0 N–H and O–H groups in total. The summed E-state index contributed by atoms with van der Waals surface area (Å²) >= 11 is 12.6. The van der Waals surface area contributed by atoms with E-state index in [1.54, 1.807) is 20.1 Å². The van der Waals surface area contributed by atoms with Crippen LogP contribution in [0.25, 0.3) is 10.8 Å². The minimum Gasteiger partial charge on any atom is -0.496 e. The molecule has 0 saturated heterocycles. The maximum atomic E-state index is 12.2. The average Bonchev–Trinajstić information content (AvgIpc) is 3.11. The first kappa shape index (κ1) is 16.5. The normalized spacial score (nSPS) is 20.4. The van der Waals surface area contributed by atoms with Gasteiger partial charge in [-0.3, -0.25) is 0 Å². The van der Waals surface area contributed by atoms with Gasteiger partial charge in [0.2, 0.25) is 0 Å². The minimum atomic E-state index is -0.452. The lowest BCUT2D eigenvalue weighted by Crippen LogP contribution is -2.12. The van der Waals surface area contributed by atoms with Crippen molar-refractivity contribution in [3.05, 3.63) is 57.6 Å². The van der Waals surface area contributed by atoms with E-state index in [0.717, 1.165) is 39.1 Å². The number of carbonyl (C=O) groups excluding carboxylic acids is 1. The van der Waals surface area contributed by atoms with E-state index >= 15 is 0 Å². The summed E-state index contributed by atoms with van der Waals surface area (Å²) < 4.78 is 11.5. The number of hydrogen-bond acceptors (Lipinski definition) is 3. The summed E-state index contributed by atoms with van der Waals surface area (Å²) in [6.07, 6.45) is 2.92. The number of methoxy groups -OCH3 is 1. The second-order valence-corrected chi connectivity index (χ2v) is 7.37. The number of esters is 1. The number of allylic oxidation sites excluding steroid dienone is 2. The van der Waals surface area contributed by atoms with Gasteiger partial charge >= 0.3 is 5.97 Å². The molecule has 0 radical (unpaired) electrons. The van der Waals surface area contributed by atoms with Crippen molar-refractivity contribution < 1.29 is 14.3 Å². The molecular formula is C20H16Cl2O3. The topological polar surface area (TPSA) is 35.5 Å². The first-order valence-corrected chi connectivity index (χ1v) is 8.75. The number of ether oxygens (including phenoxy) is 2. The maximum absolute atomic E-state index is 12.2. The van der Waals surface area contributed by atoms with Gasteiger partial charge in [0.25, 0.3) is 0 Å². The molecule has 3 nitrogen and oxygen atoms in total. The molecule has 0 amide bonds. The minimum absolute atomic E-state index is 0.0311. The third-order valence-electron chi connectivity index (χ3n) is 4.90. The Labute approximate surface area is 155 Å². The van der Waals surface area contributed by atoms with Gasteiger partial charge in [-0.05, 0) is 31.5 Å². The van der Waals surface area contributed by atoms with Gasteiger partial charge in [-0.25, -0.2) is 4.79 Å². The van der Waals surface area contributed by atoms with E-state index in [1.807, 2.05) is 12.1 Å². The Kier molecular flexibility index (Phi) is 3.82. The zero-order chi connectivity index (χ0) is 17.9. The van der Waals surface area contributed by atoms with Gasteiger partial charge in [-0.1, -0.05) is 35.9 Å². The van der Waals surface area contributed by atoms with Gasteiger partial charge in [-0.15, -0.1) is 0 Å². The van der Waals surface area contributed by atoms with Crippen LogP contribution in [0.4, 0.5) is 0 Å². The summed E-state index contributed by atoms with van der Waals surface area (Å²) in [7, 11) is 1.65. The second-order valence-electron chi connectivity index (χ2n) is 6.50. The van der Waals surface area contributed by atoms with Crippen molar-refractivity contribution in [1.29, 1.82) is 0 Å². The van der Waals surface area contributed by atoms with Gasteiger partial charge in [0, 0.05) is 49.4 Å². The number of fused-ring (bicyclic) bond motifs is 6. The van der Waals surface area contributed by atoms with Crippen LogP contribution in [-0.4, -0.2) is 13.1 Å². The molecule has 0 heterocycles. The first-order valence-electron chi connectivity index (χ1n) is 8.00. The second kappa shape index (κ2) is 5.79. The quantitative estimate of drug-likeness (QED) is 0.393. The van der Waals surface area contributed by atoms with Crippen LogP contribution in [0.1, 0.15) is 36.3 Å². The molecule has 2 unspecified atom stereocenters. The van der Waals surface area contributed by atoms with Crippen LogP contribution in [0, 0.1) is 0 Å². The molecule has 0 aliphatic heterocycles. The highest BCUT2D eigenvalue weighted by molar-refractivity contribution is 6.32. The van der Waals surface area contributed by atoms with E-state index in [1.165, 1.54) is 0 Å². The van der Waals surface area contributed by atoms with Crippen molar-refractivity contribution in [3.63, 3.8) is 0 Å². The molecule has 2 atom stereocenters. The molecule has 0 fully saturated rings.